The monoisotopic (exact) mass is 507 g/mol. The van der Waals surface area contributed by atoms with Crippen molar-refractivity contribution in [1.29, 1.82) is 0 Å². The van der Waals surface area contributed by atoms with Crippen molar-refractivity contribution in [1.82, 2.24) is 14.5 Å². The topological polar surface area (TPSA) is 90.7 Å². The van der Waals surface area contributed by atoms with Crippen LogP contribution in [-0.2, 0) is 42.9 Å². The Kier molecular flexibility index (Phi) is 8.56. The smallest absolute Gasteiger partial charge is 0.228 e. The highest BCUT2D eigenvalue weighted by Gasteiger charge is 2.31. The van der Waals surface area contributed by atoms with Crippen molar-refractivity contribution in [2.75, 3.05) is 26.9 Å². The second-order valence-electron chi connectivity index (χ2n) is 9.36. The van der Waals surface area contributed by atoms with E-state index >= 15 is 0 Å². The summed E-state index contributed by atoms with van der Waals surface area (Å²) in [4.78, 5) is 19.3. The van der Waals surface area contributed by atoms with Crippen LogP contribution in [0.15, 0.2) is 35.6 Å². The molecule has 1 aromatic carbocycles. The van der Waals surface area contributed by atoms with E-state index < -0.39 is 21.4 Å². The van der Waals surface area contributed by atoms with E-state index in [2.05, 4.69) is 4.98 Å². The minimum absolute atomic E-state index is 0.00866. The molecule has 192 valence electrons. The lowest BCUT2D eigenvalue weighted by molar-refractivity contribution is -0.136. The lowest BCUT2D eigenvalue weighted by atomic mass is 10.1. The normalized spacial score (nSPS) is 18.9. The summed E-state index contributed by atoms with van der Waals surface area (Å²) in [7, 11) is -2.36. The molecule has 1 saturated heterocycles. The van der Waals surface area contributed by atoms with E-state index in [4.69, 9.17) is 9.47 Å². The van der Waals surface area contributed by atoms with E-state index in [1.54, 1.807) is 22.6 Å². The van der Waals surface area contributed by atoms with E-state index in [-0.39, 0.29) is 35.2 Å². The summed E-state index contributed by atoms with van der Waals surface area (Å²) in [6, 6.07) is 5.85. The van der Waals surface area contributed by atoms with Crippen molar-refractivity contribution in [3.8, 4) is 0 Å². The highest BCUT2D eigenvalue weighted by molar-refractivity contribution is 7.90. The number of aromatic nitrogens is 2. The molecule has 1 unspecified atom stereocenters. The zero-order valence-corrected chi connectivity index (χ0v) is 21.0. The van der Waals surface area contributed by atoms with Crippen molar-refractivity contribution < 1.29 is 27.1 Å². The van der Waals surface area contributed by atoms with Crippen molar-refractivity contribution in [3.05, 3.63) is 47.5 Å². The molecule has 2 fully saturated rings. The first-order valence-electron chi connectivity index (χ1n) is 12.3. The van der Waals surface area contributed by atoms with E-state index in [0.29, 0.717) is 32.0 Å². The Morgan fingerprint density at radius 2 is 2.00 bits per heavy atom. The van der Waals surface area contributed by atoms with Gasteiger partial charge in [0.2, 0.25) is 20.9 Å². The molecule has 2 heterocycles. The van der Waals surface area contributed by atoms with Gasteiger partial charge >= 0.3 is 0 Å². The van der Waals surface area contributed by atoms with Crippen LogP contribution < -0.4 is 0 Å². The first-order chi connectivity index (χ1) is 16.9. The molecule has 1 saturated carbocycles. The second-order valence-corrected chi connectivity index (χ2v) is 11.2. The highest BCUT2D eigenvalue weighted by atomic mass is 32.2. The number of carbonyl (C=O) groups excluding carboxylic acids is 1. The van der Waals surface area contributed by atoms with Crippen molar-refractivity contribution >= 4 is 15.7 Å². The zero-order valence-electron chi connectivity index (χ0n) is 20.2. The SMILES string of the molecule is COCCN(Cc1cnc(S(=O)(=O)Cc2ccccc2F)n1CC1CCCO1)C(=O)C1CCCC1. The fourth-order valence-electron chi connectivity index (χ4n) is 4.93. The third kappa shape index (κ3) is 6.29. The Hall–Kier alpha value is -2.30. The van der Waals surface area contributed by atoms with Crippen LogP contribution >= 0.6 is 0 Å². The van der Waals surface area contributed by atoms with Crippen LogP contribution in [0.1, 0.15) is 49.8 Å². The number of carbonyl (C=O) groups is 1. The van der Waals surface area contributed by atoms with Gasteiger partial charge in [-0.05, 0) is 31.7 Å². The largest absolute Gasteiger partial charge is 0.383 e. The number of benzene rings is 1. The predicted octanol–water partition coefficient (Wildman–Crippen LogP) is 3.34. The summed E-state index contributed by atoms with van der Waals surface area (Å²) in [5.74, 6) is -0.997. The standard InChI is InChI=1S/C25H34FN3O5S/c1-33-14-12-28(24(30)19-7-2-3-8-19)16-21-15-27-25(29(21)17-22-10-6-13-34-22)35(31,32)18-20-9-4-5-11-23(20)26/h4-5,9,11,15,19,22H,2-3,6-8,10,12-14,16-18H2,1H3. The number of hydrogen-bond donors (Lipinski definition) is 0. The van der Waals surface area contributed by atoms with Gasteiger partial charge in [0.1, 0.15) is 5.82 Å². The van der Waals surface area contributed by atoms with Gasteiger partial charge in [0.15, 0.2) is 0 Å². The molecular formula is C25H34FN3O5S. The summed E-state index contributed by atoms with van der Waals surface area (Å²) in [5, 5.41) is -0.119. The summed E-state index contributed by atoms with van der Waals surface area (Å²) >= 11 is 0. The summed E-state index contributed by atoms with van der Waals surface area (Å²) in [6.07, 6.45) is 6.95. The van der Waals surface area contributed by atoms with Crippen molar-refractivity contribution in [2.24, 2.45) is 5.92 Å². The molecule has 1 aromatic heterocycles. The number of nitrogens with zero attached hydrogens (tertiary/aromatic N) is 3. The molecule has 0 bridgehead atoms. The molecule has 1 amide bonds. The fourth-order valence-corrected chi connectivity index (χ4v) is 6.45. The second kappa shape index (κ2) is 11.6. The van der Waals surface area contributed by atoms with Gasteiger partial charge < -0.3 is 18.9 Å². The molecule has 4 rings (SSSR count). The molecule has 0 radical (unpaired) electrons. The minimum atomic E-state index is -3.95. The lowest BCUT2D eigenvalue weighted by Gasteiger charge is -2.26. The number of halogens is 1. The molecule has 2 aliphatic rings. The molecular weight excluding hydrogens is 473 g/mol. The van der Waals surface area contributed by atoms with Crippen molar-refractivity contribution in [2.45, 2.75) is 68.6 Å². The Morgan fingerprint density at radius 1 is 1.23 bits per heavy atom. The van der Waals surface area contributed by atoms with Crippen LogP contribution in [0.3, 0.4) is 0 Å². The quantitative estimate of drug-likeness (QED) is 0.463. The zero-order chi connectivity index (χ0) is 24.8. The average molecular weight is 508 g/mol. The van der Waals surface area contributed by atoms with Gasteiger partial charge in [-0.15, -0.1) is 0 Å². The molecule has 1 atom stereocenters. The number of rotatable bonds is 11. The summed E-state index contributed by atoms with van der Waals surface area (Å²) in [6.45, 7) is 1.97. The number of methoxy groups -OCH3 is 1. The Labute approximate surface area is 206 Å². The van der Waals surface area contributed by atoms with Crippen LogP contribution in [0.2, 0.25) is 0 Å². The van der Waals surface area contributed by atoms with E-state index in [0.717, 1.165) is 38.5 Å². The molecule has 0 N–H and O–H groups in total. The Bertz CT molecular complexity index is 1110. The number of amides is 1. The van der Waals surface area contributed by atoms with Gasteiger partial charge in [-0.25, -0.2) is 17.8 Å². The highest BCUT2D eigenvalue weighted by Crippen LogP contribution is 2.28. The van der Waals surface area contributed by atoms with Gasteiger partial charge in [0.05, 0.1) is 43.4 Å². The van der Waals surface area contributed by atoms with Crippen LogP contribution in [0, 0.1) is 11.7 Å². The number of sulfone groups is 1. The maximum atomic E-state index is 14.2. The third-order valence-electron chi connectivity index (χ3n) is 6.83. The van der Waals surface area contributed by atoms with E-state index in [9.17, 15) is 17.6 Å². The average Bonchev–Trinajstić information content (AvgIpc) is 3.61. The minimum Gasteiger partial charge on any atom is -0.383 e. The van der Waals surface area contributed by atoms with Gasteiger partial charge in [-0.2, -0.15) is 0 Å². The molecule has 2 aromatic rings. The first kappa shape index (κ1) is 25.8. The number of hydrogen-bond acceptors (Lipinski definition) is 6. The van der Waals surface area contributed by atoms with Gasteiger partial charge in [-0.1, -0.05) is 31.0 Å². The van der Waals surface area contributed by atoms with Crippen LogP contribution in [0.4, 0.5) is 4.39 Å². The molecule has 10 heteroatoms. The first-order valence-corrected chi connectivity index (χ1v) is 13.9. The Morgan fingerprint density at radius 3 is 2.69 bits per heavy atom. The fraction of sp³-hybridized carbons (Fsp3) is 0.600. The lowest BCUT2D eigenvalue weighted by Crippen LogP contribution is -2.38. The van der Waals surface area contributed by atoms with E-state index in [1.807, 2.05) is 0 Å². The number of ether oxygens (including phenoxy) is 2. The summed E-state index contributed by atoms with van der Waals surface area (Å²) < 4.78 is 53.6. The van der Waals surface area contributed by atoms with Crippen LogP contribution in [0.5, 0.6) is 0 Å². The van der Waals surface area contributed by atoms with Gasteiger partial charge in [-0.3, -0.25) is 4.79 Å². The molecule has 35 heavy (non-hydrogen) atoms. The predicted molar refractivity (Wildman–Crippen MR) is 128 cm³/mol. The van der Waals surface area contributed by atoms with Crippen molar-refractivity contribution in [3.63, 3.8) is 0 Å². The van der Waals surface area contributed by atoms with Gasteiger partial charge in [0.25, 0.3) is 0 Å². The number of imidazole rings is 1. The van der Waals surface area contributed by atoms with Gasteiger partial charge in [0, 0.05) is 31.7 Å². The maximum Gasteiger partial charge on any atom is 0.228 e. The summed E-state index contributed by atoms with van der Waals surface area (Å²) in [5.41, 5.74) is 0.717. The third-order valence-corrected chi connectivity index (χ3v) is 8.40. The molecule has 8 nitrogen and oxygen atoms in total. The maximum absolute atomic E-state index is 14.2. The van der Waals surface area contributed by atoms with Crippen LogP contribution in [0.25, 0.3) is 0 Å². The Balaban J connectivity index is 1.64. The molecule has 0 spiro atoms. The molecule has 1 aliphatic heterocycles. The molecule has 1 aliphatic carbocycles. The van der Waals surface area contributed by atoms with E-state index in [1.165, 1.54) is 24.4 Å². The van der Waals surface area contributed by atoms with Crippen LogP contribution in [-0.4, -0.2) is 61.7 Å².